The van der Waals surface area contributed by atoms with Crippen LogP contribution in [0, 0.1) is 5.92 Å². The molecular weight excluding hydrogens is 206 g/mol. The largest absolute Gasteiger partial charge is 0.397 e. The topological polar surface area (TPSA) is 80.3 Å². The molecule has 1 saturated carbocycles. The van der Waals surface area contributed by atoms with E-state index in [0.29, 0.717) is 23.8 Å². The number of aryl methyl sites for hydroxylation is 1. The van der Waals surface area contributed by atoms with E-state index in [4.69, 9.17) is 5.73 Å². The maximum absolute atomic E-state index is 11.7. The summed E-state index contributed by atoms with van der Waals surface area (Å²) in [4.78, 5) is 11.7. The summed E-state index contributed by atoms with van der Waals surface area (Å²) in [6.45, 7) is 0.314. The van der Waals surface area contributed by atoms with Gasteiger partial charge in [-0.25, -0.2) is 0 Å². The van der Waals surface area contributed by atoms with Gasteiger partial charge in [0.2, 0.25) is 0 Å². The minimum Gasteiger partial charge on any atom is -0.397 e. The Kier molecular flexibility index (Phi) is 2.87. The van der Waals surface area contributed by atoms with Crippen LogP contribution in [-0.4, -0.2) is 28.2 Å². The van der Waals surface area contributed by atoms with Crippen LogP contribution >= 0.6 is 0 Å². The third-order valence-electron chi connectivity index (χ3n) is 2.90. The van der Waals surface area contributed by atoms with Crippen LogP contribution in [-0.2, 0) is 7.05 Å². The lowest BCUT2D eigenvalue weighted by atomic mass is 10.2. The van der Waals surface area contributed by atoms with E-state index in [2.05, 4.69) is 5.32 Å². The van der Waals surface area contributed by atoms with E-state index < -0.39 is 6.10 Å². The Labute approximate surface area is 94.2 Å². The van der Waals surface area contributed by atoms with E-state index >= 15 is 0 Å². The number of nitrogens with one attached hydrogen (secondary N) is 1. The quantitative estimate of drug-likeness (QED) is 0.677. The first-order valence-electron chi connectivity index (χ1n) is 5.46. The SMILES string of the molecule is Cn1cc(N)cc1C(=O)NCC(O)C1CC1. The van der Waals surface area contributed by atoms with Crippen LogP contribution in [0.25, 0.3) is 0 Å². The summed E-state index contributed by atoms with van der Waals surface area (Å²) in [6, 6.07) is 1.62. The fourth-order valence-electron chi connectivity index (χ4n) is 1.75. The first kappa shape index (κ1) is 11.0. The lowest BCUT2D eigenvalue weighted by Gasteiger charge is -2.10. The molecular formula is C11H17N3O2. The minimum absolute atomic E-state index is 0.195. The van der Waals surface area contributed by atoms with Gasteiger partial charge in [-0.3, -0.25) is 4.79 Å². The molecule has 0 saturated heterocycles. The number of carbonyl (C=O) groups is 1. The first-order valence-corrected chi connectivity index (χ1v) is 5.46. The van der Waals surface area contributed by atoms with Crippen molar-refractivity contribution in [3.8, 4) is 0 Å². The highest BCUT2D eigenvalue weighted by Crippen LogP contribution is 2.32. The van der Waals surface area contributed by atoms with Gasteiger partial charge < -0.3 is 20.7 Å². The number of rotatable bonds is 4. The zero-order valence-corrected chi connectivity index (χ0v) is 9.31. The van der Waals surface area contributed by atoms with Gasteiger partial charge in [-0.05, 0) is 24.8 Å². The highest BCUT2D eigenvalue weighted by Gasteiger charge is 2.29. The molecule has 2 rings (SSSR count). The molecule has 5 nitrogen and oxygen atoms in total. The van der Waals surface area contributed by atoms with E-state index in [0.717, 1.165) is 12.8 Å². The van der Waals surface area contributed by atoms with Gasteiger partial charge in [0.15, 0.2) is 0 Å². The lowest BCUT2D eigenvalue weighted by molar-refractivity contribution is 0.0893. The zero-order valence-electron chi connectivity index (χ0n) is 9.31. The third kappa shape index (κ3) is 2.36. The van der Waals surface area contributed by atoms with Crippen LogP contribution in [0.5, 0.6) is 0 Å². The number of carbonyl (C=O) groups excluding carboxylic acids is 1. The maximum atomic E-state index is 11.7. The molecule has 1 atom stereocenters. The van der Waals surface area contributed by atoms with Crippen LogP contribution in [0.4, 0.5) is 5.69 Å². The van der Waals surface area contributed by atoms with Crippen LogP contribution in [0.2, 0.25) is 0 Å². The highest BCUT2D eigenvalue weighted by atomic mass is 16.3. The number of hydrogen-bond acceptors (Lipinski definition) is 3. The molecule has 1 aromatic rings. The van der Waals surface area contributed by atoms with Crippen molar-refractivity contribution < 1.29 is 9.90 Å². The Morgan fingerprint density at radius 2 is 2.44 bits per heavy atom. The molecule has 0 radical (unpaired) electrons. The molecule has 0 aromatic carbocycles. The summed E-state index contributed by atoms with van der Waals surface area (Å²) in [5, 5.41) is 12.3. The number of nitrogens with zero attached hydrogens (tertiary/aromatic N) is 1. The predicted molar refractivity (Wildman–Crippen MR) is 60.9 cm³/mol. The molecule has 0 aliphatic heterocycles. The molecule has 5 heteroatoms. The van der Waals surface area contributed by atoms with Crippen LogP contribution in [0.1, 0.15) is 23.3 Å². The van der Waals surface area contributed by atoms with Crippen molar-refractivity contribution in [1.29, 1.82) is 0 Å². The Balaban J connectivity index is 1.89. The van der Waals surface area contributed by atoms with E-state index in [1.807, 2.05) is 0 Å². The molecule has 1 aromatic heterocycles. The number of amides is 1. The fraction of sp³-hybridized carbons (Fsp3) is 0.545. The van der Waals surface area contributed by atoms with Gasteiger partial charge in [-0.1, -0.05) is 0 Å². The number of aromatic nitrogens is 1. The summed E-state index contributed by atoms with van der Waals surface area (Å²) in [5.41, 5.74) is 6.66. The van der Waals surface area contributed by atoms with Gasteiger partial charge in [0.1, 0.15) is 5.69 Å². The summed E-state index contributed by atoms with van der Waals surface area (Å²) >= 11 is 0. The molecule has 88 valence electrons. The highest BCUT2D eigenvalue weighted by molar-refractivity contribution is 5.93. The van der Waals surface area contributed by atoms with Gasteiger partial charge in [-0.15, -0.1) is 0 Å². The molecule has 16 heavy (non-hydrogen) atoms. The second kappa shape index (κ2) is 4.17. The molecule has 4 N–H and O–H groups in total. The standard InChI is InChI=1S/C11H17N3O2/c1-14-6-8(12)4-9(14)11(16)13-5-10(15)7-2-3-7/h4,6-7,10,15H,2-3,5,12H2,1H3,(H,13,16). The smallest absolute Gasteiger partial charge is 0.268 e. The molecule has 1 heterocycles. The molecule has 0 spiro atoms. The Morgan fingerprint density at radius 1 is 1.75 bits per heavy atom. The van der Waals surface area contributed by atoms with E-state index in [-0.39, 0.29) is 5.91 Å². The van der Waals surface area contributed by atoms with E-state index in [1.54, 1.807) is 23.9 Å². The van der Waals surface area contributed by atoms with E-state index in [1.165, 1.54) is 0 Å². The fourth-order valence-corrected chi connectivity index (χ4v) is 1.75. The average molecular weight is 223 g/mol. The molecule has 1 aliphatic rings. The molecule has 1 fully saturated rings. The second-order valence-electron chi connectivity index (χ2n) is 4.38. The maximum Gasteiger partial charge on any atom is 0.268 e. The lowest BCUT2D eigenvalue weighted by Crippen LogP contribution is -2.33. The summed E-state index contributed by atoms with van der Waals surface area (Å²) in [7, 11) is 1.77. The molecule has 1 aliphatic carbocycles. The Hall–Kier alpha value is -1.49. The molecule has 1 unspecified atom stereocenters. The van der Waals surface area contributed by atoms with Crippen molar-refractivity contribution in [2.45, 2.75) is 18.9 Å². The first-order chi connectivity index (χ1) is 7.58. The average Bonchev–Trinajstić information content (AvgIpc) is 3.01. The number of aliphatic hydroxyl groups is 1. The number of aliphatic hydroxyl groups excluding tert-OH is 1. The van der Waals surface area contributed by atoms with Gasteiger partial charge >= 0.3 is 0 Å². The summed E-state index contributed by atoms with van der Waals surface area (Å²) < 4.78 is 1.67. The summed E-state index contributed by atoms with van der Waals surface area (Å²) in [6.07, 6.45) is 3.40. The van der Waals surface area contributed by atoms with Crippen molar-refractivity contribution in [2.75, 3.05) is 12.3 Å². The molecule has 0 bridgehead atoms. The van der Waals surface area contributed by atoms with Gasteiger partial charge in [0, 0.05) is 19.8 Å². The number of hydrogen-bond donors (Lipinski definition) is 3. The van der Waals surface area contributed by atoms with Crippen molar-refractivity contribution in [2.24, 2.45) is 13.0 Å². The van der Waals surface area contributed by atoms with E-state index in [9.17, 15) is 9.90 Å². The zero-order chi connectivity index (χ0) is 11.7. The van der Waals surface area contributed by atoms with Crippen molar-refractivity contribution in [1.82, 2.24) is 9.88 Å². The van der Waals surface area contributed by atoms with Crippen molar-refractivity contribution in [3.05, 3.63) is 18.0 Å². The monoisotopic (exact) mass is 223 g/mol. The number of anilines is 1. The van der Waals surface area contributed by atoms with Gasteiger partial charge in [0.05, 0.1) is 11.8 Å². The van der Waals surface area contributed by atoms with Crippen molar-refractivity contribution >= 4 is 11.6 Å². The summed E-state index contributed by atoms with van der Waals surface area (Å²) in [5.74, 6) is 0.178. The minimum atomic E-state index is -0.415. The predicted octanol–water partition coefficient (Wildman–Crippen LogP) is 0.108. The second-order valence-corrected chi connectivity index (χ2v) is 4.38. The van der Waals surface area contributed by atoms with Crippen LogP contribution in [0.3, 0.4) is 0 Å². The van der Waals surface area contributed by atoms with Gasteiger partial charge in [0.25, 0.3) is 5.91 Å². The van der Waals surface area contributed by atoms with Gasteiger partial charge in [-0.2, -0.15) is 0 Å². The van der Waals surface area contributed by atoms with Crippen LogP contribution in [0.15, 0.2) is 12.3 Å². The molecule has 1 amide bonds. The van der Waals surface area contributed by atoms with Crippen molar-refractivity contribution in [3.63, 3.8) is 0 Å². The number of nitrogens with two attached hydrogens (primary N) is 1. The third-order valence-corrected chi connectivity index (χ3v) is 2.90. The normalized spacial score (nSPS) is 17.1. The Bertz CT molecular complexity index is 396. The van der Waals surface area contributed by atoms with Crippen LogP contribution < -0.4 is 11.1 Å². The Morgan fingerprint density at radius 3 is 2.94 bits per heavy atom. The number of nitrogen functional groups attached to an aromatic ring is 1.